The molecule has 0 aliphatic heterocycles. The summed E-state index contributed by atoms with van der Waals surface area (Å²) in [6, 6.07) is 7.21. The lowest BCUT2D eigenvalue weighted by atomic mass is 10.3. The Labute approximate surface area is 149 Å². The lowest BCUT2D eigenvalue weighted by molar-refractivity contribution is 0.0945. The summed E-state index contributed by atoms with van der Waals surface area (Å²) in [5.41, 5.74) is 0.699. The van der Waals surface area contributed by atoms with Crippen molar-refractivity contribution in [2.75, 3.05) is 7.11 Å². The maximum atomic E-state index is 12.6. The van der Waals surface area contributed by atoms with Crippen molar-refractivity contribution in [2.24, 2.45) is 0 Å². The largest absolute Gasteiger partial charge is 0.497 e. The van der Waals surface area contributed by atoms with Gasteiger partial charge in [-0.15, -0.1) is 0 Å². The summed E-state index contributed by atoms with van der Waals surface area (Å²) < 4.78 is 30.9. The van der Waals surface area contributed by atoms with Crippen LogP contribution in [0.25, 0.3) is 0 Å². The number of rotatable bonds is 6. The number of carbonyl (C=O) groups is 1. The third kappa shape index (κ3) is 3.70. The van der Waals surface area contributed by atoms with Crippen LogP contribution in [0, 0.1) is 0 Å². The normalized spacial score (nSPS) is 11.1. The zero-order valence-electron chi connectivity index (χ0n) is 13.7. The molecule has 0 saturated heterocycles. The fraction of sp³-hybridized carbons (Fsp3) is 0.125. The lowest BCUT2D eigenvalue weighted by Gasteiger charge is -2.05. The smallest absolute Gasteiger partial charge is 0.282 e. The molecule has 2 heterocycles. The summed E-state index contributed by atoms with van der Waals surface area (Å²) in [7, 11) is -2.40. The van der Waals surface area contributed by atoms with Gasteiger partial charge in [0.05, 0.1) is 12.0 Å². The van der Waals surface area contributed by atoms with E-state index in [1.807, 2.05) is 0 Å². The average Bonchev–Trinajstić information content (AvgIpc) is 3.18. The average molecular weight is 373 g/mol. The van der Waals surface area contributed by atoms with Crippen LogP contribution in [0.2, 0.25) is 0 Å². The number of aromatic nitrogens is 4. The standard InChI is InChI=1S/C16H15N5O4S/c1-25-13-2-4-14(5-3-13)26(23,24)21-7-6-15(20-21)16(22)19-10-12-8-17-11-18-9-12/h2-9,11H,10H2,1H3,(H,19,22). The van der Waals surface area contributed by atoms with Crippen LogP contribution in [0.5, 0.6) is 5.75 Å². The first-order chi connectivity index (χ1) is 12.5. The third-order valence-electron chi connectivity index (χ3n) is 3.47. The molecule has 26 heavy (non-hydrogen) atoms. The highest BCUT2D eigenvalue weighted by molar-refractivity contribution is 7.89. The van der Waals surface area contributed by atoms with E-state index in [2.05, 4.69) is 20.4 Å². The number of amides is 1. The topological polar surface area (TPSA) is 116 Å². The van der Waals surface area contributed by atoms with Gasteiger partial charge in [0.2, 0.25) is 0 Å². The van der Waals surface area contributed by atoms with Crippen molar-refractivity contribution in [2.45, 2.75) is 11.4 Å². The number of carbonyl (C=O) groups excluding carboxylic acids is 1. The molecule has 3 aromatic rings. The lowest BCUT2D eigenvalue weighted by Crippen LogP contribution is -2.24. The molecule has 9 nitrogen and oxygen atoms in total. The summed E-state index contributed by atoms with van der Waals surface area (Å²) in [6.45, 7) is 0.206. The van der Waals surface area contributed by atoms with Gasteiger partial charge in [-0.2, -0.15) is 17.6 Å². The molecule has 0 unspecified atom stereocenters. The zero-order chi connectivity index (χ0) is 18.6. The first-order valence-corrected chi connectivity index (χ1v) is 8.92. The Morgan fingerprint density at radius 1 is 1.15 bits per heavy atom. The van der Waals surface area contributed by atoms with Gasteiger partial charge in [0.1, 0.15) is 12.1 Å². The van der Waals surface area contributed by atoms with Gasteiger partial charge in [-0.1, -0.05) is 0 Å². The second kappa shape index (κ2) is 7.31. The van der Waals surface area contributed by atoms with Gasteiger partial charge < -0.3 is 10.1 Å². The minimum atomic E-state index is -3.89. The van der Waals surface area contributed by atoms with Crippen molar-refractivity contribution in [3.05, 3.63) is 66.5 Å². The number of ether oxygens (including phenoxy) is 1. The fourth-order valence-electron chi connectivity index (χ4n) is 2.11. The van der Waals surface area contributed by atoms with Crippen molar-refractivity contribution >= 4 is 15.9 Å². The molecular weight excluding hydrogens is 358 g/mol. The van der Waals surface area contributed by atoms with Crippen LogP contribution in [-0.4, -0.2) is 40.6 Å². The summed E-state index contributed by atoms with van der Waals surface area (Å²) >= 11 is 0. The Bertz CT molecular complexity index is 1000. The van der Waals surface area contributed by atoms with Crippen molar-refractivity contribution in [3.63, 3.8) is 0 Å². The van der Waals surface area contributed by atoms with Crippen LogP contribution >= 0.6 is 0 Å². The monoisotopic (exact) mass is 373 g/mol. The van der Waals surface area contributed by atoms with Gasteiger partial charge in [0.15, 0.2) is 5.69 Å². The number of methoxy groups -OCH3 is 1. The maximum Gasteiger partial charge on any atom is 0.282 e. The molecule has 0 radical (unpaired) electrons. The van der Waals surface area contributed by atoms with Gasteiger partial charge in [-0.25, -0.2) is 9.97 Å². The van der Waals surface area contributed by atoms with Crippen LogP contribution in [0.1, 0.15) is 16.1 Å². The highest BCUT2D eigenvalue weighted by Crippen LogP contribution is 2.17. The molecule has 1 amide bonds. The molecule has 0 saturated carbocycles. The molecule has 134 valence electrons. The SMILES string of the molecule is COc1ccc(S(=O)(=O)n2ccc(C(=O)NCc3cncnc3)n2)cc1. The second-order valence-corrected chi connectivity index (χ2v) is 6.98. The maximum absolute atomic E-state index is 12.6. The van der Waals surface area contributed by atoms with E-state index in [0.717, 1.165) is 4.09 Å². The molecule has 0 spiro atoms. The Kier molecular flexibility index (Phi) is 4.94. The summed E-state index contributed by atoms with van der Waals surface area (Å²) in [4.78, 5) is 19.9. The molecule has 1 N–H and O–H groups in total. The van der Waals surface area contributed by atoms with Crippen LogP contribution < -0.4 is 10.1 Å². The fourth-order valence-corrected chi connectivity index (χ4v) is 3.22. The number of benzene rings is 1. The first kappa shape index (κ1) is 17.5. The Balaban J connectivity index is 1.74. The number of hydrogen-bond donors (Lipinski definition) is 1. The minimum absolute atomic E-state index is 0.0149. The van der Waals surface area contributed by atoms with E-state index in [1.54, 1.807) is 12.4 Å². The molecule has 10 heteroatoms. The van der Waals surface area contributed by atoms with E-state index in [9.17, 15) is 13.2 Å². The molecule has 2 aromatic heterocycles. The van der Waals surface area contributed by atoms with Crippen molar-refractivity contribution in [1.29, 1.82) is 0 Å². The molecule has 1 aromatic carbocycles. The molecule has 0 aliphatic carbocycles. The van der Waals surface area contributed by atoms with E-state index >= 15 is 0 Å². The molecule has 0 fully saturated rings. The molecule has 0 atom stereocenters. The molecule has 0 bridgehead atoms. The predicted molar refractivity (Wildman–Crippen MR) is 91.0 cm³/mol. The minimum Gasteiger partial charge on any atom is -0.497 e. The Hall–Kier alpha value is -3.27. The van der Waals surface area contributed by atoms with E-state index in [-0.39, 0.29) is 17.1 Å². The molecular formula is C16H15N5O4S. The van der Waals surface area contributed by atoms with E-state index in [4.69, 9.17) is 4.74 Å². The highest BCUT2D eigenvalue weighted by atomic mass is 32.2. The van der Waals surface area contributed by atoms with Gasteiger partial charge in [0, 0.05) is 30.7 Å². The van der Waals surface area contributed by atoms with Crippen molar-refractivity contribution in [1.82, 2.24) is 24.5 Å². The Morgan fingerprint density at radius 2 is 1.85 bits per heavy atom. The summed E-state index contributed by atoms with van der Waals surface area (Å²) in [5, 5.41) is 6.50. The third-order valence-corrected chi connectivity index (χ3v) is 5.03. The van der Waals surface area contributed by atoms with Gasteiger partial charge in [0.25, 0.3) is 15.9 Å². The highest BCUT2D eigenvalue weighted by Gasteiger charge is 2.20. The summed E-state index contributed by atoms with van der Waals surface area (Å²) in [6.07, 6.45) is 5.75. The van der Waals surface area contributed by atoms with Gasteiger partial charge in [-0.05, 0) is 30.3 Å². The van der Waals surface area contributed by atoms with Crippen LogP contribution in [0.4, 0.5) is 0 Å². The Morgan fingerprint density at radius 3 is 2.50 bits per heavy atom. The van der Waals surface area contributed by atoms with Crippen LogP contribution in [0.15, 0.2) is 60.1 Å². The number of hydrogen-bond acceptors (Lipinski definition) is 7. The van der Waals surface area contributed by atoms with E-state index in [1.165, 1.54) is 50.0 Å². The van der Waals surface area contributed by atoms with Gasteiger partial charge >= 0.3 is 0 Å². The molecule has 0 aliphatic rings. The first-order valence-electron chi connectivity index (χ1n) is 7.48. The zero-order valence-corrected chi connectivity index (χ0v) is 14.5. The van der Waals surface area contributed by atoms with Gasteiger partial charge in [-0.3, -0.25) is 4.79 Å². The number of nitrogens with zero attached hydrogens (tertiary/aromatic N) is 4. The molecule has 3 rings (SSSR count). The number of nitrogens with one attached hydrogen (secondary N) is 1. The predicted octanol–water partition coefficient (Wildman–Crippen LogP) is 0.849. The van der Waals surface area contributed by atoms with E-state index in [0.29, 0.717) is 11.3 Å². The summed E-state index contributed by atoms with van der Waals surface area (Å²) in [5.74, 6) is 0.0342. The second-order valence-electron chi connectivity index (χ2n) is 5.18. The quantitative estimate of drug-likeness (QED) is 0.681. The van der Waals surface area contributed by atoms with Crippen LogP contribution in [0.3, 0.4) is 0 Å². The van der Waals surface area contributed by atoms with E-state index < -0.39 is 15.9 Å². The van der Waals surface area contributed by atoms with Crippen molar-refractivity contribution < 1.29 is 17.9 Å². The van der Waals surface area contributed by atoms with Crippen LogP contribution in [-0.2, 0) is 16.6 Å². The van der Waals surface area contributed by atoms with Crippen molar-refractivity contribution in [3.8, 4) is 5.75 Å².